The Morgan fingerprint density at radius 2 is 2.13 bits per heavy atom. The first-order valence-corrected chi connectivity index (χ1v) is 11.5. The molecule has 0 unspecified atom stereocenters. The van der Waals surface area contributed by atoms with E-state index in [9.17, 15) is 4.79 Å². The highest BCUT2D eigenvalue weighted by Gasteiger charge is 2.25. The van der Waals surface area contributed by atoms with E-state index in [1.54, 1.807) is 0 Å². The predicted molar refractivity (Wildman–Crippen MR) is 120 cm³/mol. The summed E-state index contributed by atoms with van der Waals surface area (Å²) >= 11 is 0. The van der Waals surface area contributed by atoms with Crippen LogP contribution in [0, 0.1) is 11.8 Å². The summed E-state index contributed by atoms with van der Waals surface area (Å²) in [5, 5.41) is 0. The van der Waals surface area contributed by atoms with Crippen LogP contribution in [0.1, 0.15) is 43.5 Å². The van der Waals surface area contributed by atoms with Crippen molar-refractivity contribution in [2.45, 2.75) is 46.1 Å². The number of fused-ring (bicyclic) bond motifs is 2. The van der Waals surface area contributed by atoms with Crippen LogP contribution in [0.3, 0.4) is 0 Å². The van der Waals surface area contributed by atoms with E-state index in [2.05, 4.69) is 40.8 Å². The Kier molecular flexibility index (Phi) is 5.61. The van der Waals surface area contributed by atoms with Gasteiger partial charge in [0.05, 0.1) is 5.69 Å². The zero-order chi connectivity index (χ0) is 21.4. The van der Waals surface area contributed by atoms with Crippen molar-refractivity contribution in [3.63, 3.8) is 0 Å². The average Bonchev–Trinajstić information content (AvgIpc) is 3.21. The molecule has 0 aliphatic carbocycles. The molecule has 7 heteroatoms. The maximum absolute atomic E-state index is 12.7. The minimum absolute atomic E-state index is 0.0475. The largest absolute Gasteiger partial charge is 0.454 e. The number of rotatable bonds is 5. The van der Waals surface area contributed by atoms with Crippen LogP contribution >= 0.6 is 0 Å². The number of aromatic amines is 1. The van der Waals surface area contributed by atoms with Gasteiger partial charge in [0.15, 0.2) is 11.5 Å². The molecule has 7 nitrogen and oxygen atoms in total. The molecule has 31 heavy (non-hydrogen) atoms. The van der Waals surface area contributed by atoms with Gasteiger partial charge in [-0.15, -0.1) is 0 Å². The molecular weight excluding hydrogens is 392 g/mol. The first-order valence-electron chi connectivity index (χ1n) is 11.5. The molecule has 1 fully saturated rings. The van der Waals surface area contributed by atoms with Crippen LogP contribution in [0.25, 0.3) is 0 Å². The van der Waals surface area contributed by atoms with Crippen LogP contribution < -0.4 is 19.9 Å². The minimum Gasteiger partial charge on any atom is -0.454 e. The van der Waals surface area contributed by atoms with Gasteiger partial charge in [0.25, 0.3) is 5.56 Å². The van der Waals surface area contributed by atoms with E-state index in [1.807, 2.05) is 6.07 Å². The molecule has 2 atom stereocenters. The predicted octanol–water partition coefficient (Wildman–Crippen LogP) is 2.97. The van der Waals surface area contributed by atoms with E-state index in [0.717, 1.165) is 80.7 Å². The third-order valence-electron chi connectivity index (χ3n) is 6.69. The lowest BCUT2D eigenvalue weighted by Gasteiger charge is -2.33. The second-order valence-corrected chi connectivity index (χ2v) is 9.49. The summed E-state index contributed by atoms with van der Waals surface area (Å²) in [4.78, 5) is 25.4. The summed E-state index contributed by atoms with van der Waals surface area (Å²) in [5.41, 5.74) is 3.14. The van der Waals surface area contributed by atoms with Crippen LogP contribution in [0.15, 0.2) is 23.0 Å². The first kappa shape index (κ1) is 20.4. The van der Waals surface area contributed by atoms with Gasteiger partial charge in [0, 0.05) is 38.3 Å². The van der Waals surface area contributed by atoms with E-state index < -0.39 is 0 Å². The maximum Gasteiger partial charge on any atom is 0.255 e. The van der Waals surface area contributed by atoms with Gasteiger partial charge < -0.3 is 14.4 Å². The third-order valence-corrected chi connectivity index (χ3v) is 6.69. The van der Waals surface area contributed by atoms with Gasteiger partial charge in [-0.05, 0) is 55.2 Å². The fourth-order valence-electron chi connectivity index (χ4n) is 5.14. The maximum atomic E-state index is 12.7. The fraction of sp³-hybridized carbons (Fsp3) is 0.583. The highest BCUT2D eigenvalue weighted by molar-refractivity contribution is 5.44. The molecule has 0 amide bonds. The molecule has 0 radical (unpaired) electrons. The number of hydrogen-bond donors (Lipinski definition) is 1. The van der Waals surface area contributed by atoms with Crippen LogP contribution in [0.5, 0.6) is 11.5 Å². The van der Waals surface area contributed by atoms with Crippen molar-refractivity contribution in [2.75, 3.05) is 37.9 Å². The van der Waals surface area contributed by atoms with Gasteiger partial charge in [-0.1, -0.05) is 19.9 Å². The molecule has 4 heterocycles. The van der Waals surface area contributed by atoms with E-state index in [0.29, 0.717) is 18.6 Å². The number of nitrogens with zero attached hydrogens (tertiary/aromatic N) is 3. The second kappa shape index (κ2) is 8.54. The van der Waals surface area contributed by atoms with Crippen LogP contribution in [0.4, 0.5) is 5.95 Å². The zero-order valence-corrected chi connectivity index (χ0v) is 18.5. The summed E-state index contributed by atoms with van der Waals surface area (Å²) in [6, 6.07) is 6.22. The molecule has 0 saturated carbocycles. The van der Waals surface area contributed by atoms with Crippen molar-refractivity contribution in [1.29, 1.82) is 0 Å². The highest BCUT2D eigenvalue weighted by Crippen LogP contribution is 2.33. The van der Waals surface area contributed by atoms with Crippen LogP contribution in [-0.4, -0.2) is 47.8 Å². The van der Waals surface area contributed by atoms with Gasteiger partial charge in [0.2, 0.25) is 12.7 Å². The number of nitrogens with one attached hydrogen (secondary N) is 1. The smallest absolute Gasteiger partial charge is 0.255 e. The SMILES string of the molecule is C[C@H](Cc1ccc2c(c1)OCO2)CN1CCc2c(nc(N3CCC[C@@H](C)C3)[nH]c2=O)C1. The van der Waals surface area contributed by atoms with Crippen molar-refractivity contribution in [1.82, 2.24) is 14.9 Å². The number of piperidine rings is 1. The molecule has 1 aromatic heterocycles. The number of benzene rings is 1. The summed E-state index contributed by atoms with van der Waals surface area (Å²) in [6.45, 7) is 9.45. The van der Waals surface area contributed by atoms with Gasteiger partial charge >= 0.3 is 0 Å². The van der Waals surface area contributed by atoms with Gasteiger partial charge in [0.1, 0.15) is 0 Å². The van der Waals surface area contributed by atoms with Gasteiger partial charge in [-0.3, -0.25) is 14.7 Å². The Balaban J connectivity index is 1.25. The molecule has 3 aliphatic rings. The van der Waals surface area contributed by atoms with E-state index >= 15 is 0 Å². The molecule has 5 rings (SSSR count). The van der Waals surface area contributed by atoms with Crippen molar-refractivity contribution in [3.8, 4) is 11.5 Å². The number of aromatic nitrogens is 2. The Labute approximate surface area is 183 Å². The molecule has 1 aromatic carbocycles. The molecule has 166 valence electrons. The lowest BCUT2D eigenvalue weighted by atomic mass is 9.98. The fourth-order valence-corrected chi connectivity index (χ4v) is 5.14. The monoisotopic (exact) mass is 424 g/mol. The molecule has 1 N–H and O–H groups in total. The Morgan fingerprint density at radius 3 is 3.00 bits per heavy atom. The Bertz CT molecular complexity index is 1000. The molecular formula is C24H32N4O3. The molecule has 0 bridgehead atoms. The summed E-state index contributed by atoms with van der Waals surface area (Å²) < 4.78 is 10.9. The van der Waals surface area contributed by atoms with Crippen molar-refractivity contribution >= 4 is 5.95 Å². The number of hydrogen-bond acceptors (Lipinski definition) is 6. The standard InChI is InChI=1S/C24H32N4O3/c1-16-4-3-8-28(13-16)24-25-20-14-27(9-7-19(20)23(29)26-24)12-17(2)10-18-5-6-21-22(11-18)31-15-30-21/h5-6,11,16-17H,3-4,7-10,12-15H2,1-2H3,(H,25,26,29)/t16-,17-/m1/s1. The van der Waals surface area contributed by atoms with Gasteiger partial charge in [-0.2, -0.15) is 0 Å². The van der Waals surface area contributed by atoms with Gasteiger partial charge in [-0.25, -0.2) is 4.98 Å². The third kappa shape index (κ3) is 4.42. The summed E-state index contributed by atoms with van der Waals surface area (Å²) in [6.07, 6.45) is 4.16. The lowest BCUT2D eigenvalue weighted by Crippen LogP contribution is -2.40. The van der Waals surface area contributed by atoms with Crippen molar-refractivity contribution < 1.29 is 9.47 Å². The van der Waals surface area contributed by atoms with Crippen LogP contribution in [-0.2, 0) is 19.4 Å². The normalized spacial score (nSPS) is 21.7. The average molecular weight is 425 g/mol. The number of anilines is 1. The van der Waals surface area contributed by atoms with Crippen molar-refractivity contribution in [3.05, 3.63) is 45.4 Å². The minimum atomic E-state index is 0.0475. The lowest BCUT2D eigenvalue weighted by molar-refractivity contribution is 0.174. The Morgan fingerprint density at radius 1 is 1.26 bits per heavy atom. The van der Waals surface area contributed by atoms with E-state index in [1.165, 1.54) is 12.0 Å². The first-order chi connectivity index (χ1) is 15.0. The highest BCUT2D eigenvalue weighted by atomic mass is 16.7. The Hall–Kier alpha value is -2.54. The zero-order valence-electron chi connectivity index (χ0n) is 18.5. The van der Waals surface area contributed by atoms with E-state index in [4.69, 9.17) is 14.5 Å². The molecule has 1 saturated heterocycles. The van der Waals surface area contributed by atoms with Crippen molar-refractivity contribution in [2.24, 2.45) is 11.8 Å². The van der Waals surface area contributed by atoms with Crippen LogP contribution in [0.2, 0.25) is 0 Å². The number of H-pyrrole nitrogens is 1. The van der Waals surface area contributed by atoms with E-state index in [-0.39, 0.29) is 5.56 Å². The topological polar surface area (TPSA) is 70.7 Å². The number of ether oxygens (including phenoxy) is 2. The quantitative estimate of drug-likeness (QED) is 0.796. The summed E-state index contributed by atoms with van der Waals surface area (Å²) in [7, 11) is 0. The molecule has 0 spiro atoms. The second-order valence-electron chi connectivity index (χ2n) is 9.49. The molecule has 3 aliphatic heterocycles. The summed E-state index contributed by atoms with van der Waals surface area (Å²) in [5.74, 6) is 3.57. The molecule has 2 aromatic rings.